The number of benzene rings is 1. The number of hydrogen-bond donors (Lipinski definition) is 1. The fraction of sp³-hybridized carbons (Fsp3) is 0.467. The van der Waals surface area contributed by atoms with Crippen LogP contribution in [0.4, 0.5) is 0 Å². The van der Waals surface area contributed by atoms with Crippen molar-refractivity contribution in [2.24, 2.45) is 0 Å². The van der Waals surface area contributed by atoms with Gasteiger partial charge in [0.25, 0.3) is 0 Å². The van der Waals surface area contributed by atoms with Gasteiger partial charge in [-0.1, -0.05) is 25.6 Å². The lowest BCUT2D eigenvalue weighted by Crippen LogP contribution is -2.06. The van der Waals surface area contributed by atoms with Crippen LogP contribution in [-0.2, 0) is 5.75 Å². The van der Waals surface area contributed by atoms with E-state index in [4.69, 9.17) is 9.72 Å². The molecular weight excluding hydrogens is 330 g/mol. The molecule has 0 amide bonds. The number of H-pyrrole nitrogens is 1. The van der Waals surface area contributed by atoms with Crippen LogP contribution < -0.4 is 4.74 Å². The maximum Gasteiger partial charge on any atom is 0.231 e. The number of ether oxygens (including phenoxy) is 1. The normalized spacial score (nSPS) is 11.7. The highest BCUT2D eigenvalue weighted by Crippen LogP contribution is 2.36. The van der Waals surface area contributed by atoms with E-state index in [0.29, 0.717) is 11.1 Å². The Bertz CT molecular complexity index is 783. The van der Waals surface area contributed by atoms with Gasteiger partial charge in [0.1, 0.15) is 11.3 Å². The van der Waals surface area contributed by atoms with Crippen LogP contribution in [0.15, 0.2) is 17.3 Å². The number of thiazole rings is 1. The molecule has 3 rings (SSSR count). The molecule has 2 aromatic heterocycles. The van der Waals surface area contributed by atoms with E-state index in [-0.39, 0.29) is 6.10 Å². The maximum atomic E-state index is 5.98. The first-order valence-corrected chi connectivity index (χ1v) is 9.29. The SMILES string of the molecule is CC(C)Oc1cc(CSc2nn[nH]n2)cc2sc(C(C)C)nc12. The van der Waals surface area contributed by atoms with Gasteiger partial charge in [0.2, 0.25) is 5.16 Å². The average molecular weight is 349 g/mol. The number of aromatic nitrogens is 5. The monoisotopic (exact) mass is 349 g/mol. The summed E-state index contributed by atoms with van der Waals surface area (Å²) in [5.41, 5.74) is 2.13. The topological polar surface area (TPSA) is 76.6 Å². The number of hydrogen-bond acceptors (Lipinski definition) is 7. The molecule has 0 unspecified atom stereocenters. The predicted molar refractivity (Wildman–Crippen MR) is 93.2 cm³/mol. The predicted octanol–water partition coefficient (Wildman–Crippen LogP) is 4.01. The third kappa shape index (κ3) is 3.81. The molecule has 3 aromatic rings. The highest BCUT2D eigenvalue weighted by Gasteiger charge is 2.15. The van der Waals surface area contributed by atoms with E-state index in [2.05, 4.69) is 46.6 Å². The number of nitrogens with one attached hydrogen (secondary N) is 1. The Hall–Kier alpha value is -1.67. The first-order chi connectivity index (χ1) is 11.0. The van der Waals surface area contributed by atoms with Gasteiger partial charge in [-0.3, -0.25) is 0 Å². The molecule has 8 heteroatoms. The number of aromatic amines is 1. The van der Waals surface area contributed by atoms with Crippen molar-refractivity contribution in [3.8, 4) is 5.75 Å². The van der Waals surface area contributed by atoms with Crippen molar-refractivity contribution in [1.82, 2.24) is 25.6 Å². The Morgan fingerprint density at radius 2 is 2.09 bits per heavy atom. The van der Waals surface area contributed by atoms with Crippen molar-refractivity contribution in [1.29, 1.82) is 0 Å². The fourth-order valence-corrected chi connectivity index (χ4v) is 3.82. The summed E-state index contributed by atoms with van der Waals surface area (Å²) in [4.78, 5) is 4.76. The number of rotatable bonds is 6. The minimum atomic E-state index is 0.113. The van der Waals surface area contributed by atoms with Crippen molar-refractivity contribution in [2.75, 3.05) is 0 Å². The van der Waals surface area contributed by atoms with E-state index >= 15 is 0 Å². The standard InChI is InChI=1S/C15H19N5OS2/c1-8(2)14-16-13-11(21-9(3)4)5-10(6-12(13)23-14)7-22-15-17-19-20-18-15/h5-6,8-9H,7H2,1-4H3,(H,17,18,19,20). The number of thioether (sulfide) groups is 1. The molecule has 0 atom stereocenters. The quantitative estimate of drug-likeness (QED) is 0.678. The van der Waals surface area contributed by atoms with Crippen molar-refractivity contribution in [2.45, 2.75) is 50.6 Å². The molecule has 2 heterocycles. The van der Waals surface area contributed by atoms with E-state index in [0.717, 1.165) is 26.7 Å². The van der Waals surface area contributed by atoms with E-state index in [1.165, 1.54) is 5.56 Å². The maximum absolute atomic E-state index is 5.98. The van der Waals surface area contributed by atoms with Gasteiger partial charge >= 0.3 is 0 Å². The summed E-state index contributed by atoms with van der Waals surface area (Å²) < 4.78 is 7.15. The van der Waals surface area contributed by atoms with Gasteiger partial charge in [-0.15, -0.1) is 21.5 Å². The van der Waals surface area contributed by atoms with Gasteiger partial charge in [0.05, 0.1) is 15.8 Å². The lowest BCUT2D eigenvalue weighted by molar-refractivity contribution is 0.245. The lowest BCUT2D eigenvalue weighted by Gasteiger charge is -2.11. The molecule has 0 aliphatic rings. The van der Waals surface area contributed by atoms with Crippen LogP contribution in [0.25, 0.3) is 10.2 Å². The summed E-state index contributed by atoms with van der Waals surface area (Å²) in [7, 11) is 0. The number of nitrogens with zero attached hydrogens (tertiary/aromatic N) is 4. The summed E-state index contributed by atoms with van der Waals surface area (Å²) in [6, 6.07) is 4.25. The summed E-state index contributed by atoms with van der Waals surface area (Å²) in [6.45, 7) is 8.38. The van der Waals surface area contributed by atoms with Crippen LogP contribution >= 0.6 is 23.1 Å². The molecule has 122 valence electrons. The summed E-state index contributed by atoms with van der Waals surface area (Å²) in [5, 5.41) is 15.8. The second-order valence-electron chi connectivity index (χ2n) is 5.80. The van der Waals surface area contributed by atoms with Gasteiger partial charge < -0.3 is 4.74 Å². The fourth-order valence-electron chi connectivity index (χ4n) is 2.11. The highest BCUT2D eigenvalue weighted by molar-refractivity contribution is 7.98. The molecular formula is C15H19N5OS2. The van der Waals surface area contributed by atoms with Crippen LogP contribution in [0, 0.1) is 0 Å². The number of tetrazole rings is 1. The highest BCUT2D eigenvalue weighted by atomic mass is 32.2. The summed E-state index contributed by atoms with van der Waals surface area (Å²) in [5.74, 6) is 2.03. The smallest absolute Gasteiger partial charge is 0.231 e. The molecule has 0 aliphatic heterocycles. The zero-order valence-corrected chi connectivity index (χ0v) is 15.2. The Balaban J connectivity index is 1.94. The second kappa shape index (κ2) is 6.84. The van der Waals surface area contributed by atoms with Gasteiger partial charge in [0, 0.05) is 11.7 Å². The van der Waals surface area contributed by atoms with Gasteiger partial charge in [-0.25, -0.2) is 4.98 Å². The van der Waals surface area contributed by atoms with Crippen molar-refractivity contribution >= 4 is 33.3 Å². The number of fused-ring (bicyclic) bond motifs is 1. The van der Waals surface area contributed by atoms with Crippen LogP contribution in [-0.4, -0.2) is 31.7 Å². The molecule has 0 fully saturated rings. The minimum absolute atomic E-state index is 0.113. The minimum Gasteiger partial charge on any atom is -0.489 e. The summed E-state index contributed by atoms with van der Waals surface area (Å²) >= 11 is 3.28. The molecule has 0 radical (unpaired) electrons. The molecule has 23 heavy (non-hydrogen) atoms. The van der Waals surface area contributed by atoms with Crippen LogP contribution in [0.1, 0.15) is 44.2 Å². The molecule has 0 aliphatic carbocycles. The van der Waals surface area contributed by atoms with Gasteiger partial charge in [-0.2, -0.15) is 5.21 Å². The Morgan fingerprint density at radius 1 is 1.26 bits per heavy atom. The Kier molecular flexibility index (Phi) is 4.82. The molecule has 1 N–H and O–H groups in total. The molecule has 0 spiro atoms. The molecule has 6 nitrogen and oxygen atoms in total. The van der Waals surface area contributed by atoms with Crippen LogP contribution in [0.5, 0.6) is 5.75 Å². The molecule has 0 bridgehead atoms. The zero-order valence-electron chi connectivity index (χ0n) is 13.5. The van der Waals surface area contributed by atoms with E-state index in [1.807, 2.05) is 13.8 Å². The van der Waals surface area contributed by atoms with E-state index < -0.39 is 0 Å². The molecule has 0 saturated carbocycles. The Labute approximate surface area is 143 Å². The largest absolute Gasteiger partial charge is 0.489 e. The average Bonchev–Trinajstić information content (AvgIpc) is 3.13. The summed E-state index contributed by atoms with van der Waals surface area (Å²) in [6.07, 6.45) is 0.113. The lowest BCUT2D eigenvalue weighted by atomic mass is 10.2. The van der Waals surface area contributed by atoms with Gasteiger partial charge in [-0.05, 0) is 36.8 Å². The first kappa shape index (κ1) is 16.2. The molecule has 0 saturated heterocycles. The van der Waals surface area contributed by atoms with Crippen LogP contribution in [0.2, 0.25) is 0 Å². The third-order valence-corrected chi connectivity index (χ3v) is 5.30. The molecule has 1 aromatic carbocycles. The zero-order chi connectivity index (χ0) is 16.4. The first-order valence-electron chi connectivity index (χ1n) is 7.49. The second-order valence-corrected chi connectivity index (χ2v) is 7.80. The van der Waals surface area contributed by atoms with Crippen LogP contribution in [0.3, 0.4) is 0 Å². The van der Waals surface area contributed by atoms with Gasteiger partial charge in [0.15, 0.2) is 0 Å². The van der Waals surface area contributed by atoms with E-state index in [9.17, 15) is 0 Å². The van der Waals surface area contributed by atoms with Crippen molar-refractivity contribution < 1.29 is 4.74 Å². The van der Waals surface area contributed by atoms with Crippen molar-refractivity contribution in [3.05, 3.63) is 22.7 Å². The third-order valence-electron chi connectivity index (χ3n) is 3.09. The Morgan fingerprint density at radius 3 is 2.74 bits per heavy atom. The van der Waals surface area contributed by atoms with E-state index in [1.54, 1.807) is 23.1 Å². The van der Waals surface area contributed by atoms with Crippen molar-refractivity contribution in [3.63, 3.8) is 0 Å².